The van der Waals surface area contributed by atoms with Crippen molar-refractivity contribution in [1.82, 2.24) is 0 Å². The molecule has 6 aromatic carbocycles. The number of ether oxygens (including phenoxy) is 4. The molecule has 6 aromatic rings. The lowest BCUT2D eigenvalue weighted by molar-refractivity contribution is 0.0487. The fraction of sp³-hybridized carbons (Fsp3) is 0.333. The molecule has 0 amide bonds. The highest BCUT2D eigenvalue weighted by molar-refractivity contribution is 9.10. The summed E-state index contributed by atoms with van der Waals surface area (Å²) in [6, 6.07) is 36.5. The van der Waals surface area contributed by atoms with Gasteiger partial charge in [-0.05, 0) is 122 Å². The van der Waals surface area contributed by atoms with E-state index in [2.05, 4.69) is 134 Å². The topological polar surface area (TPSA) is 71.1 Å². The quantitative estimate of drug-likeness (QED) is 0.0798. The van der Waals surface area contributed by atoms with Gasteiger partial charge in [0.1, 0.15) is 23.0 Å². The molecule has 0 aromatic heterocycles. The minimum absolute atomic E-state index is 0. The van der Waals surface area contributed by atoms with Crippen molar-refractivity contribution < 1.29 is 28.5 Å². The molecular formula is C57H62Br2O6. The van der Waals surface area contributed by atoms with Gasteiger partial charge in [-0.3, -0.25) is 0 Å². The number of halogens is 2. The van der Waals surface area contributed by atoms with Crippen molar-refractivity contribution in [3.63, 3.8) is 0 Å². The van der Waals surface area contributed by atoms with Crippen molar-refractivity contribution in [3.05, 3.63) is 185 Å². The van der Waals surface area contributed by atoms with Crippen LogP contribution >= 0.6 is 31.9 Å². The van der Waals surface area contributed by atoms with Crippen LogP contribution in [-0.4, -0.2) is 25.2 Å². The number of carbonyl (C=O) groups is 2. The van der Waals surface area contributed by atoms with Gasteiger partial charge in [0.25, 0.3) is 0 Å². The van der Waals surface area contributed by atoms with E-state index in [0.29, 0.717) is 24.3 Å². The minimum atomic E-state index is -0.269. The molecule has 0 aliphatic carbocycles. The highest BCUT2D eigenvalue weighted by atomic mass is 79.9. The Morgan fingerprint density at radius 2 is 0.862 bits per heavy atom. The molecular weight excluding hydrogens is 940 g/mol. The first-order chi connectivity index (χ1) is 31.0. The molecule has 0 spiro atoms. The monoisotopic (exact) mass is 1000 g/mol. The molecule has 0 saturated carbocycles. The van der Waals surface area contributed by atoms with Crippen LogP contribution in [0.5, 0.6) is 23.0 Å². The van der Waals surface area contributed by atoms with Gasteiger partial charge in [-0.15, -0.1) is 0 Å². The van der Waals surface area contributed by atoms with Crippen LogP contribution in [0.4, 0.5) is 0 Å². The van der Waals surface area contributed by atoms with Gasteiger partial charge in [-0.25, -0.2) is 9.59 Å². The van der Waals surface area contributed by atoms with E-state index in [1.165, 1.54) is 6.42 Å². The van der Waals surface area contributed by atoms with E-state index in [1.807, 2.05) is 48.5 Å². The fourth-order valence-corrected chi connectivity index (χ4v) is 9.28. The van der Waals surface area contributed by atoms with Crippen molar-refractivity contribution in [1.29, 1.82) is 0 Å². The third-order valence-corrected chi connectivity index (χ3v) is 13.8. The number of fused-ring (bicyclic) bond motifs is 4. The summed E-state index contributed by atoms with van der Waals surface area (Å²) in [5, 5.41) is 0. The van der Waals surface area contributed by atoms with Crippen LogP contribution in [0, 0.1) is 27.7 Å². The third kappa shape index (κ3) is 11.4. The van der Waals surface area contributed by atoms with Gasteiger partial charge < -0.3 is 18.9 Å². The summed E-state index contributed by atoms with van der Waals surface area (Å²) in [4.78, 5) is 26.2. The molecule has 0 saturated heterocycles. The summed E-state index contributed by atoms with van der Waals surface area (Å²) < 4.78 is 26.0. The van der Waals surface area contributed by atoms with E-state index in [-0.39, 0.29) is 31.2 Å². The Morgan fingerprint density at radius 3 is 1.28 bits per heavy atom. The second-order valence-electron chi connectivity index (χ2n) is 17.0. The van der Waals surface area contributed by atoms with Crippen LogP contribution in [0.2, 0.25) is 0 Å². The Labute approximate surface area is 403 Å². The summed E-state index contributed by atoms with van der Waals surface area (Å²) in [5.41, 5.74) is 11.8. The summed E-state index contributed by atoms with van der Waals surface area (Å²) in [7, 11) is 0. The average molecular weight is 1000 g/mol. The molecule has 0 unspecified atom stereocenters. The molecule has 0 radical (unpaired) electrons. The van der Waals surface area contributed by atoms with Crippen LogP contribution in [0.1, 0.15) is 161 Å². The molecule has 2 aliphatic heterocycles. The predicted molar refractivity (Wildman–Crippen MR) is 271 cm³/mol. The average Bonchev–Trinajstić information content (AvgIpc) is 3.28. The van der Waals surface area contributed by atoms with Crippen molar-refractivity contribution in [2.24, 2.45) is 0 Å². The van der Waals surface area contributed by atoms with E-state index in [1.54, 1.807) is 0 Å². The van der Waals surface area contributed by atoms with Crippen LogP contribution in [0.25, 0.3) is 0 Å². The Morgan fingerprint density at radius 1 is 0.477 bits per heavy atom. The lowest BCUT2D eigenvalue weighted by Crippen LogP contribution is -2.17. The standard InChI is InChI=1S/C28H28Br2O3.C28H30O3.CH4/c1-4-5-6-9-12-32-28(31)20-11-8-7-10-19(20)27-21-15-23(29)17(2)13-25(21)33-26-14-18(3)24(30)16-22(26)27;1-4-5-6-9-16-30-28(29)22-11-8-7-10-21(22)27-23-14-12-19(2)17-25(23)31-26-18-20(3)13-15-24(26)27;/h7-8,10-11,13-16,27H,4-6,9,12H2,1-3H3;7-8,10-15,17-18,27H,4-6,9,16H2,1-3H3;1H4. The van der Waals surface area contributed by atoms with Gasteiger partial charge in [0, 0.05) is 43.0 Å². The first kappa shape index (κ1) is 49.3. The second-order valence-corrected chi connectivity index (χ2v) is 18.7. The number of benzene rings is 6. The Kier molecular flexibility index (Phi) is 17.3. The number of esters is 2. The smallest absolute Gasteiger partial charge is 0.338 e. The van der Waals surface area contributed by atoms with Crippen molar-refractivity contribution in [3.8, 4) is 23.0 Å². The zero-order valence-corrected chi connectivity index (χ0v) is 41.0. The highest BCUT2D eigenvalue weighted by Crippen LogP contribution is 2.51. The summed E-state index contributed by atoms with van der Waals surface area (Å²) in [6.07, 6.45) is 8.61. The maximum Gasteiger partial charge on any atom is 0.338 e. The molecule has 340 valence electrons. The van der Waals surface area contributed by atoms with Crippen molar-refractivity contribution in [2.45, 2.75) is 112 Å². The second kappa shape index (κ2) is 22.8. The van der Waals surface area contributed by atoms with Gasteiger partial charge >= 0.3 is 11.9 Å². The Hall–Kier alpha value is -5.18. The third-order valence-electron chi connectivity index (χ3n) is 12.0. The SMILES string of the molecule is C.CCCCCCOC(=O)c1ccccc1C1c2cc(Br)c(C)cc2Oc2cc(C)c(Br)cc21.CCCCCCOC(=O)c1ccccc1C1c2ccc(C)cc2Oc2cc(C)ccc21. The largest absolute Gasteiger partial charge is 0.462 e. The number of carbonyl (C=O) groups excluding carboxylic acids is 2. The van der Waals surface area contributed by atoms with E-state index in [9.17, 15) is 9.59 Å². The Bertz CT molecular complexity index is 2520. The predicted octanol–water partition coefficient (Wildman–Crippen LogP) is 16.8. The lowest BCUT2D eigenvalue weighted by Gasteiger charge is -2.31. The molecule has 65 heavy (non-hydrogen) atoms. The number of rotatable bonds is 14. The first-order valence-corrected chi connectivity index (χ1v) is 24.3. The normalized spacial score (nSPS) is 12.4. The maximum absolute atomic E-state index is 13.1. The molecule has 8 heteroatoms. The van der Waals surface area contributed by atoms with Crippen LogP contribution < -0.4 is 9.47 Å². The van der Waals surface area contributed by atoms with Gasteiger partial charge in [0.05, 0.1) is 24.3 Å². The maximum atomic E-state index is 13.1. The van der Waals surface area contributed by atoms with E-state index in [4.69, 9.17) is 18.9 Å². The summed E-state index contributed by atoms with van der Waals surface area (Å²) >= 11 is 7.37. The Balaban J connectivity index is 0.000000212. The number of unbranched alkanes of at least 4 members (excludes halogenated alkanes) is 6. The summed E-state index contributed by atoms with van der Waals surface area (Å²) in [5.74, 6) is 2.59. The van der Waals surface area contributed by atoms with Gasteiger partial charge in [0.2, 0.25) is 0 Å². The van der Waals surface area contributed by atoms with Crippen LogP contribution in [0.15, 0.2) is 118 Å². The highest BCUT2D eigenvalue weighted by Gasteiger charge is 2.34. The molecule has 2 heterocycles. The molecule has 0 atom stereocenters. The zero-order chi connectivity index (χ0) is 45.3. The lowest BCUT2D eigenvalue weighted by atomic mass is 9.80. The van der Waals surface area contributed by atoms with Gasteiger partial charge in [-0.2, -0.15) is 0 Å². The van der Waals surface area contributed by atoms with E-state index >= 15 is 0 Å². The molecule has 0 bridgehead atoms. The van der Waals surface area contributed by atoms with Crippen molar-refractivity contribution in [2.75, 3.05) is 13.2 Å². The van der Waals surface area contributed by atoms with Gasteiger partial charge in [0.15, 0.2) is 0 Å². The molecule has 8 rings (SSSR count). The first-order valence-electron chi connectivity index (χ1n) is 22.7. The molecule has 0 fully saturated rings. The number of aryl methyl sites for hydroxylation is 4. The fourth-order valence-electron chi connectivity index (χ4n) is 8.56. The number of hydrogen-bond donors (Lipinski definition) is 0. The van der Waals surface area contributed by atoms with Crippen molar-refractivity contribution >= 4 is 43.8 Å². The zero-order valence-electron chi connectivity index (χ0n) is 37.8. The van der Waals surface area contributed by atoms with Crippen LogP contribution in [-0.2, 0) is 9.47 Å². The number of hydrogen-bond acceptors (Lipinski definition) is 6. The van der Waals surface area contributed by atoms with E-state index < -0.39 is 0 Å². The molecule has 2 aliphatic rings. The van der Waals surface area contributed by atoms with Gasteiger partial charge in [-0.1, -0.05) is 152 Å². The summed E-state index contributed by atoms with van der Waals surface area (Å²) in [6.45, 7) is 13.5. The molecule has 0 N–H and O–H groups in total. The van der Waals surface area contributed by atoms with Crippen LogP contribution in [0.3, 0.4) is 0 Å². The molecule has 6 nitrogen and oxygen atoms in total. The minimum Gasteiger partial charge on any atom is -0.462 e. The van der Waals surface area contributed by atoms with E-state index in [0.717, 1.165) is 133 Å².